The van der Waals surface area contributed by atoms with E-state index < -0.39 is 0 Å². The first-order valence-corrected chi connectivity index (χ1v) is 7.79. The van der Waals surface area contributed by atoms with Crippen molar-refractivity contribution in [3.8, 4) is 0 Å². The Morgan fingerprint density at radius 2 is 2.14 bits per heavy atom. The number of hydrazine groups is 1. The Hall–Kier alpha value is -1.59. The van der Waals surface area contributed by atoms with Gasteiger partial charge in [-0.05, 0) is 37.5 Å². The molecule has 0 aromatic carbocycles. The van der Waals surface area contributed by atoms with Crippen molar-refractivity contribution in [1.29, 1.82) is 0 Å². The standard InChI is InChI=1S/C16H26N4O/c1-3-15(4-2)20-10-9-14(19-20)12-13(18-17)7-8-16-6-5-11-21-16/h5-6,9-11,13,15,18H,3-4,7-8,12,17H2,1-2H3. The number of furan rings is 1. The van der Waals surface area contributed by atoms with Crippen LogP contribution in [0.15, 0.2) is 35.1 Å². The van der Waals surface area contributed by atoms with Gasteiger partial charge in [-0.2, -0.15) is 5.10 Å². The summed E-state index contributed by atoms with van der Waals surface area (Å²) in [6, 6.07) is 6.70. The highest BCUT2D eigenvalue weighted by Gasteiger charge is 2.13. The van der Waals surface area contributed by atoms with E-state index in [2.05, 4.69) is 41.3 Å². The molecule has 0 bridgehead atoms. The maximum Gasteiger partial charge on any atom is 0.103 e. The van der Waals surface area contributed by atoms with E-state index in [0.29, 0.717) is 6.04 Å². The van der Waals surface area contributed by atoms with Gasteiger partial charge >= 0.3 is 0 Å². The highest BCUT2D eigenvalue weighted by molar-refractivity contribution is 5.03. The van der Waals surface area contributed by atoms with Gasteiger partial charge < -0.3 is 4.42 Å². The SMILES string of the molecule is CCC(CC)n1ccc(CC(CCc2ccco2)NN)n1. The third-order valence-corrected chi connectivity index (χ3v) is 3.99. The average Bonchev–Trinajstić information content (AvgIpc) is 3.16. The summed E-state index contributed by atoms with van der Waals surface area (Å²) in [6.45, 7) is 4.40. The molecule has 1 atom stereocenters. The van der Waals surface area contributed by atoms with E-state index in [1.807, 2.05) is 12.1 Å². The van der Waals surface area contributed by atoms with Crippen molar-refractivity contribution in [1.82, 2.24) is 15.2 Å². The van der Waals surface area contributed by atoms with Gasteiger partial charge in [-0.25, -0.2) is 0 Å². The number of hydrogen-bond acceptors (Lipinski definition) is 4. The second kappa shape index (κ2) is 8.00. The quantitative estimate of drug-likeness (QED) is 0.550. The number of nitrogens with zero attached hydrogens (tertiary/aromatic N) is 2. The molecular weight excluding hydrogens is 264 g/mol. The van der Waals surface area contributed by atoms with Crippen LogP contribution in [0.4, 0.5) is 0 Å². The molecule has 0 saturated carbocycles. The minimum absolute atomic E-state index is 0.208. The molecule has 1 unspecified atom stereocenters. The van der Waals surface area contributed by atoms with Crippen LogP contribution in [-0.4, -0.2) is 15.8 Å². The number of aryl methyl sites for hydroxylation is 1. The molecule has 2 heterocycles. The van der Waals surface area contributed by atoms with E-state index in [1.54, 1.807) is 6.26 Å². The Bertz CT molecular complexity index is 502. The molecule has 0 fully saturated rings. The van der Waals surface area contributed by atoms with Gasteiger partial charge in [0, 0.05) is 25.1 Å². The maximum atomic E-state index is 5.66. The molecule has 116 valence electrons. The summed E-state index contributed by atoms with van der Waals surface area (Å²) in [5.74, 6) is 6.66. The first-order chi connectivity index (χ1) is 10.3. The van der Waals surface area contributed by atoms with Crippen molar-refractivity contribution in [2.75, 3.05) is 0 Å². The number of nitrogens with two attached hydrogens (primary N) is 1. The van der Waals surface area contributed by atoms with Crippen LogP contribution in [0.25, 0.3) is 0 Å². The second-order valence-corrected chi connectivity index (χ2v) is 5.44. The van der Waals surface area contributed by atoms with Crippen LogP contribution < -0.4 is 11.3 Å². The molecule has 5 nitrogen and oxygen atoms in total. The maximum absolute atomic E-state index is 5.66. The molecule has 0 aliphatic heterocycles. The fraction of sp³-hybridized carbons (Fsp3) is 0.562. The highest BCUT2D eigenvalue weighted by Crippen LogP contribution is 2.15. The summed E-state index contributed by atoms with van der Waals surface area (Å²) in [5, 5.41) is 4.68. The van der Waals surface area contributed by atoms with E-state index >= 15 is 0 Å². The summed E-state index contributed by atoms with van der Waals surface area (Å²) >= 11 is 0. The van der Waals surface area contributed by atoms with Crippen molar-refractivity contribution in [3.05, 3.63) is 42.1 Å². The zero-order chi connectivity index (χ0) is 15.1. The zero-order valence-corrected chi connectivity index (χ0v) is 13.0. The Kier molecular flexibility index (Phi) is 6.02. The van der Waals surface area contributed by atoms with E-state index in [4.69, 9.17) is 10.3 Å². The zero-order valence-electron chi connectivity index (χ0n) is 13.0. The van der Waals surface area contributed by atoms with Crippen LogP contribution in [-0.2, 0) is 12.8 Å². The van der Waals surface area contributed by atoms with Gasteiger partial charge in [-0.15, -0.1) is 0 Å². The van der Waals surface area contributed by atoms with E-state index in [9.17, 15) is 0 Å². The molecule has 2 aromatic rings. The minimum atomic E-state index is 0.208. The molecule has 0 spiro atoms. The first-order valence-electron chi connectivity index (χ1n) is 7.79. The van der Waals surface area contributed by atoms with Crippen molar-refractivity contribution < 1.29 is 4.42 Å². The minimum Gasteiger partial charge on any atom is -0.469 e. The summed E-state index contributed by atoms with van der Waals surface area (Å²) in [7, 11) is 0. The van der Waals surface area contributed by atoms with Crippen LogP contribution in [0.1, 0.15) is 50.6 Å². The topological polar surface area (TPSA) is 69.0 Å². The number of aromatic nitrogens is 2. The molecule has 0 amide bonds. The van der Waals surface area contributed by atoms with Crippen molar-refractivity contribution in [2.24, 2.45) is 5.84 Å². The summed E-state index contributed by atoms with van der Waals surface area (Å²) in [4.78, 5) is 0. The molecule has 3 N–H and O–H groups in total. The lowest BCUT2D eigenvalue weighted by molar-refractivity contribution is 0.416. The Morgan fingerprint density at radius 1 is 1.33 bits per heavy atom. The molecule has 21 heavy (non-hydrogen) atoms. The van der Waals surface area contributed by atoms with Crippen molar-refractivity contribution >= 4 is 0 Å². The molecule has 2 rings (SSSR count). The van der Waals surface area contributed by atoms with Crippen molar-refractivity contribution in [2.45, 2.75) is 58.0 Å². The van der Waals surface area contributed by atoms with Gasteiger partial charge in [0.05, 0.1) is 18.0 Å². The monoisotopic (exact) mass is 290 g/mol. The van der Waals surface area contributed by atoms with Crippen LogP contribution in [0, 0.1) is 0 Å². The van der Waals surface area contributed by atoms with E-state index in [-0.39, 0.29) is 6.04 Å². The summed E-state index contributed by atoms with van der Waals surface area (Å²) in [6.07, 6.45) is 8.65. The fourth-order valence-corrected chi connectivity index (χ4v) is 2.62. The van der Waals surface area contributed by atoms with Crippen molar-refractivity contribution in [3.63, 3.8) is 0 Å². The number of hydrogen-bond donors (Lipinski definition) is 2. The largest absolute Gasteiger partial charge is 0.469 e. The summed E-state index contributed by atoms with van der Waals surface area (Å²) in [5.41, 5.74) is 3.98. The van der Waals surface area contributed by atoms with Gasteiger partial charge in [0.25, 0.3) is 0 Å². The molecule has 0 radical (unpaired) electrons. The lowest BCUT2D eigenvalue weighted by Crippen LogP contribution is -2.37. The number of rotatable bonds is 9. The fourth-order valence-electron chi connectivity index (χ4n) is 2.62. The predicted molar refractivity (Wildman–Crippen MR) is 83.7 cm³/mol. The lowest BCUT2D eigenvalue weighted by atomic mass is 10.1. The number of nitrogens with one attached hydrogen (secondary N) is 1. The third-order valence-electron chi connectivity index (χ3n) is 3.99. The van der Waals surface area contributed by atoms with Crippen LogP contribution in [0.3, 0.4) is 0 Å². The third kappa shape index (κ3) is 4.44. The smallest absolute Gasteiger partial charge is 0.103 e. The molecule has 0 aliphatic carbocycles. The van der Waals surface area contributed by atoms with Gasteiger partial charge in [0.15, 0.2) is 0 Å². The Morgan fingerprint density at radius 3 is 2.76 bits per heavy atom. The van der Waals surface area contributed by atoms with Crippen LogP contribution in [0.5, 0.6) is 0 Å². The molecule has 5 heteroatoms. The average molecular weight is 290 g/mol. The normalized spacial score (nSPS) is 13.0. The molecule has 2 aromatic heterocycles. The van der Waals surface area contributed by atoms with Crippen LogP contribution >= 0.6 is 0 Å². The van der Waals surface area contributed by atoms with E-state index in [1.165, 1.54) is 0 Å². The molecule has 0 aliphatic rings. The summed E-state index contributed by atoms with van der Waals surface area (Å²) < 4.78 is 7.43. The van der Waals surface area contributed by atoms with Crippen LogP contribution in [0.2, 0.25) is 0 Å². The molecular formula is C16H26N4O. The lowest BCUT2D eigenvalue weighted by Gasteiger charge is -2.15. The Balaban J connectivity index is 1.89. The van der Waals surface area contributed by atoms with E-state index in [0.717, 1.165) is 43.6 Å². The molecule has 0 saturated heterocycles. The second-order valence-electron chi connectivity index (χ2n) is 5.44. The van der Waals surface area contributed by atoms with Gasteiger partial charge in [0.2, 0.25) is 0 Å². The predicted octanol–water partition coefficient (Wildman–Crippen LogP) is 2.84. The van der Waals surface area contributed by atoms with Gasteiger partial charge in [-0.3, -0.25) is 16.0 Å². The highest BCUT2D eigenvalue weighted by atomic mass is 16.3. The van der Waals surface area contributed by atoms with Gasteiger partial charge in [-0.1, -0.05) is 13.8 Å². The first kappa shape index (κ1) is 15.8. The van der Waals surface area contributed by atoms with Gasteiger partial charge in [0.1, 0.15) is 5.76 Å². The Labute approximate surface area is 126 Å².